The van der Waals surface area contributed by atoms with Gasteiger partial charge in [0.25, 0.3) is 0 Å². The maximum Gasteiger partial charge on any atom is 0.306 e. The first-order valence-corrected chi connectivity index (χ1v) is 33.6. The first-order chi connectivity index (χ1) is 37.5. The van der Waals surface area contributed by atoms with Gasteiger partial charge in [-0.2, -0.15) is 0 Å². The van der Waals surface area contributed by atoms with Crippen LogP contribution in [0.4, 0.5) is 0 Å². The number of rotatable bonds is 62. The molecule has 0 fully saturated rings. The predicted molar refractivity (Wildman–Crippen MR) is 330 cm³/mol. The Balaban J connectivity index is 4.34. The minimum absolute atomic E-state index is 0.0722. The van der Waals surface area contributed by atoms with Gasteiger partial charge in [-0.25, -0.2) is 0 Å². The average Bonchev–Trinajstić information content (AvgIpc) is 3.42. The summed E-state index contributed by atoms with van der Waals surface area (Å²) >= 11 is 0. The largest absolute Gasteiger partial charge is 0.462 e. The van der Waals surface area contributed by atoms with E-state index in [1.54, 1.807) is 0 Å². The molecule has 0 spiro atoms. The van der Waals surface area contributed by atoms with E-state index in [0.29, 0.717) is 19.3 Å². The molecular formula is C70H128O6. The van der Waals surface area contributed by atoms with Crippen molar-refractivity contribution in [1.82, 2.24) is 0 Å². The van der Waals surface area contributed by atoms with Crippen LogP contribution in [-0.4, -0.2) is 37.2 Å². The van der Waals surface area contributed by atoms with Gasteiger partial charge in [0, 0.05) is 19.3 Å². The molecule has 0 aliphatic rings. The first-order valence-electron chi connectivity index (χ1n) is 33.6. The van der Waals surface area contributed by atoms with Crippen LogP contribution < -0.4 is 0 Å². The number of hydrogen-bond acceptors (Lipinski definition) is 6. The van der Waals surface area contributed by atoms with Crippen LogP contribution in [-0.2, 0) is 28.6 Å². The molecule has 1 unspecified atom stereocenters. The number of unbranched alkanes of at least 4 members (excludes halogenated alkanes) is 43. The van der Waals surface area contributed by atoms with Crippen molar-refractivity contribution in [2.24, 2.45) is 0 Å². The van der Waals surface area contributed by atoms with Gasteiger partial charge in [-0.3, -0.25) is 14.4 Å². The van der Waals surface area contributed by atoms with Crippen LogP contribution in [0, 0.1) is 0 Å². The van der Waals surface area contributed by atoms with E-state index < -0.39 is 6.10 Å². The van der Waals surface area contributed by atoms with E-state index in [1.165, 1.54) is 244 Å². The Morgan fingerprint density at radius 2 is 0.474 bits per heavy atom. The summed E-state index contributed by atoms with van der Waals surface area (Å²) < 4.78 is 17.0. The third-order valence-electron chi connectivity index (χ3n) is 15.1. The van der Waals surface area contributed by atoms with Gasteiger partial charge in [0.1, 0.15) is 13.2 Å². The van der Waals surface area contributed by atoms with Gasteiger partial charge in [-0.15, -0.1) is 0 Å². The second-order valence-corrected chi connectivity index (χ2v) is 22.7. The zero-order chi connectivity index (χ0) is 55.0. The van der Waals surface area contributed by atoms with Crippen molar-refractivity contribution < 1.29 is 28.6 Å². The molecule has 6 heteroatoms. The van der Waals surface area contributed by atoms with E-state index in [2.05, 4.69) is 69.4 Å². The molecule has 0 amide bonds. The van der Waals surface area contributed by atoms with Crippen LogP contribution in [0.3, 0.4) is 0 Å². The molecule has 0 heterocycles. The summed E-state index contributed by atoms with van der Waals surface area (Å²) in [5.41, 5.74) is 0. The summed E-state index contributed by atoms with van der Waals surface area (Å²) in [5, 5.41) is 0. The lowest BCUT2D eigenvalue weighted by Gasteiger charge is -2.18. The van der Waals surface area contributed by atoms with Crippen LogP contribution in [0.5, 0.6) is 0 Å². The topological polar surface area (TPSA) is 78.9 Å². The fourth-order valence-electron chi connectivity index (χ4n) is 9.98. The Hall–Kier alpha value is -2.63. The fourth-order valence-corrected chi connectivity index (χ4v) is 9.98. The van der Waals surface area contributed by atoms with Gasteiger partial charge >= 0.3 is 17.9 Å². The van der Waals surface area contributed by atoms with E-state index >= 15 is 0 Å². The maximum atomic E-state index is 12.9. The third kappa shape index (κ3) is 62.2. The van der Waals surface area contributed by atoms with Gasteiger partial charge in [-0.1, -0.05) is 307 Å². The number of carbonyl (C=O) groups is 3. The quantitative estimate of drug-likeness (QED) is 0.0261. The van der Waals surface area contributed by atoms with E-state index in [9.17, 15) is 14.4 Å². The first kappa shape index (κ1) is 73.4. The molecule has 0 aliphatic carbocycles. The Morgan fingerprint density at radius 3 is 0.750 bits per heavy atom. The SMILES string of the molecule is CCCCCCC/C=C\C/C=C\C/C=C\CCCCCCCCCCC(=O)OCC(COC(=O)CCCCCCCCCCCCCCCCCC)OC(=O)CCCCCCCCCCC/C=C\CCCCCCCC. The lowest BCUT2D eigenvalue weighted by molar-refractivity contribution is -0.167. The monoisotopic (exact) mass is 1060 g/mol. The molecule has 0 N–H and O–H groups in total. The minimum Gasteiger partial charge on any atom is -0.462 e. The number of ether oxygens (including phenoxy) is 3. The molecule has 0 aliphatic heterocycles. The van der Waals surface area contributed by atoms with E-state index in [1.807, 2.05) is 0 Å². The fraction of sp³-hybridized carbons (Fsp3) is 0.843. The number of esters is 3. The van der Waals surface area contributed by atoms with Crippen molar-refractivity contribution >= 4 is 17.9 Å². The summed E-state index contributed by atoms with van der Waals surface area (Å²) in [6.45, 7) is 6.68. The summed E-state index contributed by atoms with van der Waals surface area (Å²) in [7, 11) is 0. The number of carbonyl (C=O) groups excluding carboxylic acids is 3. The molecular weight excluding hydrogens is 937 g/mol. The lowest BCUT2D eigenvalue weighted by atomic mass is 10.0. The van der Waals surface area contributed by atoms with Crippen molar-refractivity contribution in [3.8, 4) is 0 Å². The van der Waals surface area contributed by atoms with E-state index in [-0.39, 0.29) is 31.1 Å². The molecule has 0 aromatic heterocycles. The van der Waals surface area contributed by atoms with Crippen molar-refractivity contribution in [3.05, 3.63) is 48.6 Å². The lowest BCUT2D eigenvalue weighted by Crippen LogP contribution is -2.30. The second kappa shape index (κ2) is 64.9. The highest BCUT2D eigenvalue weighted by Gasteiger charge is 2.19. The highest BCUT2D eigenvalue weighted by atomic mass is 16.6. The number of hydrogen-bond donors (Lipinski definition) is 0. The van der Waals surface area contributed by atoms with Crippen LogP contribution in [0.1, 0.15) is 361 Å². The molecule has 1 atom stereocenters. The molecule has 0 radical (unpaired) electrons. The standard InChI is InChI=1S/C70H128O6/c1-4-7-10-13-16-19-22-25-28-31-33-34-35-36-38-39-42-45-48-51-54-57-60-63-69(72)75-66-67(65-74-68(71)62-59-56-53-50-47-44-41-30-27-24-21-18-15-12-9-6-3)76-70(73)64-61-58-55-52-49-46-43-40-37-32-29-26-23-20-17-14-11-8-5-2/h22,25-26,29,31,33,35-36,67H,4-21,23-24,27-28,30,32,34,37-66H2,1-3H3/b25-22-,29-26-,33-31-,36-35-. The maximum absolute atomic E-state index is 12.9. The predicted octanol–water partition coefficient (Wildman–Crippen LogP) is 22.9. The Bertz CT molecular complexity index is 1310. The average molecular weight is 1070 g/mol. The van der Waals surface area contributed by atoms with Gasteiger partial charge in [0.2, 0.25) is 0 Å². The molecule has 444 valence electrons. The van der Waals surface area contributed by atoms with Crippen molar-refractivity contribution in [1.29, 1.82) is 0 Å². The smallest absolute Gasteiger partial charge is 0.306 e. The number of allylic oxidation sites excluding steroid dienone is 8. The summed E-state index contributed by atoms with van der Waals surface area (Å²) in [6, 6.07) is 0. The molecule has 76 heavy (non-hydrogen) atoms. The molecule has 0 aromatic rings. The van der Waals surface area contributed by atoms with Crippen molar-refractivity contribution in [3.63, 3.8) is 0 Å². The van der Waals surface area contributed by atoms with Crippen LogP contribution in [0.2, 0.25) is 0 Å². The van der Waals surface area contributed by atoms with Gasteiger partial charge in [-0.05, 0) is 83.5 Å². The Morgan fingerprint density at radius 1 is 0.263 bits per heavy atom. The zero-order valence-electron chi connectivity index (χ0n) is 51.0. The molecule has 0 aromatic carbocycles. The summed E-state index contributed by atoms with van der Waals surface area (Å²) in [6.07, 6.45) is 81.1. The third-order valence-corrected chi connectivity index (χ3v) is 15.1. The second-order valence-electron chi connectivity index (χ2n) is 22.7. The highest BCUT2D eigenvalue weighted by Crippen LogP contribution is 2.17. The van der Waals surface area contributed by atoms with Crippen LogP contribution >= 0.6 is 0 Å². The van der Waals surface area contributed by atoms with Crippen molar-refractivity contribution in [2.75, 3.05) is 13.2 Å². The minimum atomic E-state index is -0.777. The Labute approximate surface area is 473 Å². The molecule has 6 nitrogen and oxygen atoms in total. The summed E-state index contributed by atoms with van der Waals surface area (Å²) in [4.78, 5) is 38.4. The molecule has 0 saturated heterocycles. The van der Waals surface area contributed by atoms with E-state index in [4.69, 9.17) is 14.2 Å². The molecule has 0 rings (SSSR count). The zero-order valence-corrected chi connectivity index (χ0v) is 51.0. The normalized spacial score (nSPS) is 12.3. The molecule has 0 bridgehead atoms. The molecule has 0 saturated carbocycles. The van der Waals surface area contributed by atoms with E-state index in [0.717, 1.165) is 77.0 Å². The summed E-state index contributed by atoms with van der Waals surface area (Å²) in [5.74, 6) is -0.858. The van der Waals surface area contributed by atoms with Gasteiger partial charge < -0.3 is 14.2 Å². The van der Waals surface area contributed by atoms with Gasteiger partial charge in [0.05, 0.1) is 0 Å². The van der Waals surface area contributed by atoms with Crippen LogP contribution in [0.25, 0.3) is 0 Å². The van der Waals surface area contributed by atoms with Gasteiger partial charge in [0.15, 0.2) is 6.10 Å². The van der Waals surface area contributed by atoms with Crippen molar-refractivity contribution in [2.45, 2.75) is 367 Å². The highest BCUT2D eigenvalue weighted by molar-refractivity contribution is 5.71. The van der Waals surface area contributed by atoms with Crippen LogP contribution in [0.15, 0.2) is 48.6 Å². The Kier molecular flexibility index (Phi) is 62.6.